The van der Waals surface area contributed by atoms with Crippen molar-refractivity contribution in [1.29, 1.82) is 0 Å². The molecule has 0 atom stereocenters. The molecule has 3 nitrogen and oxygen atoms in total. The van der Waals surface area contributed by atoms with Gasteiger partial charge in [-0.3, -0.25) is 0 Å². The number of aromatic nitrogens is 3. The van der Waals surface area contributed by atoms with E-state index >= 15 is 0 Å². The summed E-state index contributed by atoms with van der Waals surface area (Å²) in [6.45, 7) is 0. The molecule has 10 aromatic rings. The zero-order chi connectivity index (χ0) is 34.4. The molecule has 0 saturated heterocycles. The van der Waals surface area contributed by atoms with Gasteiger partial charge in [-0.25, -0.2) is 15.0 Å². The number of hydrogen-bond acceptors (Lipinski definition) is 3. The standard InChI is InChI=1S/C49H31N3/c1-3-14-35(15-4-1)47-50-48(36-16-5-2-6-17-36)52-49(51-47)45-31-39(30-44-42-21-10-9-19-40(42)41-20-11-12-22-43(41)46(44)45)34-25-23-33(24-26-34)38-28-27-32-13-7-8-18-37(32)29-38/h1-31H. The molecule has 0 N–H and O–H groups in total. The highest BCUT2D eigenvalue weighted by Gasteiger charge is 2.19. The molecule has 1 heterocycles. The Morgan fingerprint density at radius 2 is 0.712 bits per heavy atom. The van der Waals surface area contributed by atoms with Crippen molar-refractivity contribution in [3.05, 3.63) is 188 Å². The van der Waals surface area contributed by atoms with Crippen LogP contribution in [-0.4, -0.2) is 15.0 Å². The zero-order valence-corrected chi connectivity index (χ0v) is 28.2. The normalized spacial score (nSPS) is 11.5. The predicted octanol–water partition coefficient (Wildman–Crippen LogP) is 12.8. The van der Waals surface area contributed by atoms with E-state index in [-0.39, 0.29) is 0 Å². The monoisotopic (exact) mass is 661 g/mol. The van der Waals surface area contributed by atoms with Crippen LogP contribution in [0.3, 0.4) is 0 Å². The number of fused-ring (bicyclic) bond motifs is 7. The van der Waals surface area contributed by atoms with Crippen LogP contribution in [-0.2, 0) is 0 Å². The fraction of sp³-hybridized carbons (Fsp3) is 0. The van der Waals surface area contributed by atoms with Crippen molar-refractivity contribution in [3.8, 4) is 56.4 Å². The lowest BCUT2D eigenvalue weighted by molar-refractivity contribution is 1.08. The van der Waals surface area contributed by atoms with Crippen LogP contribution in [0.1, 0.15) is 0 Å². The van der Waals surface area contributed by atoms with E-state index < -0.39 is 0 Å². The molecule has 0 aliphatic heterocycles. The third-order valence-corrected chi connectivity index (χ3v) is 10.1. The maximum atomic E-state index is 5.23. The molecule has 0 unspecified atom stereocenters. The van der Waals surface area contributed by atoms with Crippen molar-refractivity contribution in [3.63, 3.8) is 0 Å². The molecule has 52 heavy (non-hydrogen) atoms. The third kappa shape index (κ3) is 5.19. The van der Waals surface area contributed by atoms with Crippen molar-refractivity contribution in [1.82, 2.24) is 15.0 Å². The maximum Gasteiger partial charge on any atom is 0.164 e. The first-order valence-corrected chi connectivity index (χ1v) is 17.6. The highest BCUT2D eigenvalue weighted by Crippen LogP contribution is 2.43. The van der Waals surface area contributed by atoms with Gasteiger partial charge in [-0.15, -0.1) is 0 Å². The fourth-order valence-corrected chi connectivity index (χ4v) is 7.53. The van der Waals surface area contributed by atoms with Crippen molar-refractivity contribution in [2.75, 3.05) is 0 Å². The van der Waals surface area contributed by atoms with E-state index in [0.717, 1.165) is 33.2 Å². The Morgan fingerprint density at radius 1 is 0.250 bits per heavy atom. The first kappa shape index (κ1) is 29.9. The van der Waals surface area contributed by atoms with Gasteiger partial charge in [-0.05, 0) is 78.2 Å². The number of nitrogens with zero attached hydrogens (tertiary/aromatic N) is 3. The van der Waals surface area contributed by atoms with Crippen LogP contribution in [0.5, 0.6) is 0 Å². The third-order valence-electron chi connectivity index (χ3n) is 10.1. The summed E-state index contributed by atoms with van der Waals surface area (Å²) in [6.07, 6.45) is 0. The Bertz CT molecular complexity index is 2880. The SMILES string of the molecule is c1ccc(-c2nc(-c3ccccc3)nc(-c3cc(-c4ccc(-c5ccc6ccccc6c5)cc4)cc4c5ccccc5c5ccccc5c34)n2)cc1. The van der Waals surface area contributed by atoms with Gasteiger partial charge in [0, 0.05) is 22.1 Å². The average Bonchev–Trinajstić information content (AvgIpc) is 3.23. The van der Waals surface area contributed by atoms with Crippen LogP contribution >= 0.6 is 0 Å². The fourth-order valence-electron chi connectivity index (χ4n) is 7.53. The first-order chi connectivity index (χ1) is 25.8. The lowest BCUT2D eigenvalue weighted by Gasteiger charge is -2.17. The van der Waals surface area contributed by atoms with Gasteiger partial charge in [0.1, 0.15) is 0 Å². The van der Waals surface area contributed by atoms with Gasteiger partial charge in [-0.1, -0.05) is 170 Å². The highest BCUT2D eigenvalue weighted by molar-refractivity contribution is 6.28. The van der Waals surface area contributed by atoms with Gasteiger partial charge in [-0.2, -0.15) is 0 Å². The molecule has 0 saturated carbocycles. The van der Waals surface area contributed by atoms with Gasteiger partial charge in [0.25, 0.3) is 0 Å². The molecule has 9 aromatic carbocycles. The summed E-state index contributed by atoms with van der Waals surface area (Å²) in [4.78, 5) is 15.5. The number of benzene rings is 9. The van der Waals surface area contributed by atoms with E-state index in [1.807, 2.05) is 36.4 Å². The largest absolute Gasteiger partial charge is 0.208 e. The van der Waals surface area contributed by atoms with Gasteiger partial charge in [0.2, 0.25) is 0 Å². The Hall–Kier alpha value is -6.97. The van der Waals surface area contributed by atoms with Crippen LogP contribution < -0.4 is 0 Å². The predicted molar refractivity (Wildman–Crippen MR) is 217 cm³/mol. The van der Waals surface area contributed by atoms with Gasteiger partial charge in [0.15, 0.2) is 17.5 Å². The molecule has 242 valence electrons. The Kier molecular flexibility index (Phi) is 7.14. The second kappa shape index (κ2) is 12.4. The summed E-state index contributed by atoms with van der Waals surface area (Å²) in [7, 11) is 0. The minimum atomic E-state index is 0.646. The number of hydrogen-bond donors (Lipinski definition) is 0. The van der Waals surface area contributed by atoms with Crippen molar-refractivity contribution < 1.29 is 0 Å². The van der Waals surface area contributed by atoms with E-state index in [0.29, 0.717) is 17.5 Å². The lowest BCUT2D eigenvalue weighted by Crippen LogP contribution is -2.01. The van der Waals surface area contributed by atoms with Crippen molar-refractivity contribution in [2.24, 2.45) is 0 Å². The molecule has 0 aliphatic carbocycles. The minimum Gasteiger partial charge on any atom is -0.208 e. The summed E-state index contributed by atoms with van der Waals surface area (Å²) < 4.78 is 0. The molecule has 0 spiro atoms. The molecule has 3 heteroatoms. The second-order valence-electron chi connectivity index (χ2n) is 13.2. The van der Waals surface area contributed by atoms with E-state index in [1.165, 1.54) is 48.8 Å². The van der Waals surface area contributed by atoms with Crippen LogP contribution in [0.25, 0.3) is 99.5 Å². The first-order valence-electron chi connectivity index (χ1n) is 17.6. The molecule has 0 amide bonds. The Labute approximate surface area is 301 Å². The summed E-state index contributed by atoms with van der Waals surface area (Å²) >= 11 is 0. The average molecular weight is 662 g/mol. The number of rotatable bonds is 5. The molecule has 1 aromatic heterocycles. The smallest absolute Gasteiger partial charge is 0.164 e. The molecule has 0 bridgehead atoms. The van der Waals surface area contributed by atoms with Gasteiger partial charge in [0.05, 0.1) is 0 Å². The molecule has 0 fully saturated rings. The maximum absolute atomic E-state index is 5.23. The topological polar surface area (TPSA) is 38.7 Å². The van der Waals surface area contributed by atoms with Crippen LogP contribution in [0.4, 0.5) is 0 Å². The van der Waals surface area contributed by atoms with E-state index in [1.54, 1.807) is 0 Å². The summed E-state index contributed by atoms with van der Waals surface area (Å²) in [5.41, 5.74) is 7.50. The second-order valence-corrected chi connectivity index (χ2v) is 13.2. The van der Waals surface area contributed by atoms with Crippen LogP contribution in [0.15, 0.2) is 188 Å². The molecule has 0 radical (unpaired) electrons. The van der Waals surface area contributed by atoms with Crippen molar-refractivity contribution in [2.45, 2.75) is 0 Å². The van der Waals surface area contributed by atoms with E-state index in [4.69, 9.17) is 15.0 Å². The van der Waals surface area contributed by atoms with E-state index in [9.17, 15) is 0 Å². The quantitative estimate of drug-likeness (QED) is 0.172. The Morgan fingerprint density at radius 3 is 1.35 bits per heavy atom. The zero-order valence-electron chi connectivity index (χ0n) is 28.2. The van der Waals surface area contributed by atoms with Crippen LogP contribution in [0.2, 0.25) is 0 Å². The lowest BCUT2D eigenvalue weighted by atomic mass is 9.88. The highest BCUT2D eigenvalue weighted by atomic mass is 15.0. The summed E-state index contributed by atoms with van der Waals surface area (Å²) in [6, 6.07) is 66.5. The minimum absolute atomic E-state index is 0.646. The molecular weight excluding hydrogens is 631 g/mol. The Balaban J connectivity index is 1.24. The molecular formula is C49H31N3. The van der Waals surface area contributed by atoms with Crippen molar-refractivity contribution >= 4 is 43.1 Å². The summed E-state index contributed by atoms with van der Waals surface area (Å²) in [5.74, 6) is 1.94. The summed E-state index contributed by atoms with van der Waals surface area (Å²) in [5, 5.41) is 9.60. The molecule has 10 rings (SSSR count). The molecule has 0 aliphatic rings. The van der Waals surface area contributed by atoms with Gasteiger partial charge >= 0.3 is 0 Å². The van der Waals surface area contributed by atoms with E-state index in [2.05, 4.69) is 152 Å². The van der Waals surface area contributed by atoms with Gasteiger partial charge < -0.3 is 0 Å². The van der Waals surface area contributed by atoms with Crippen LogP contribution in [0, 0.1) is 0 Å².